The van der Waals surface area contributed by atoms with Crippen LogP contribution in [0.1, 0.15) is 30.6 Å². The largest absolute Gasteiger partial charge is 0.384 e. The van der Waals surface area contributed by atoms with Crippen LogP contribution in [0.15, 0.2) is 18.3 Å². The highest BCUT2D eigenvalue weighted by Gasteiger charge is 2.04. The Kier molecular flexibility index (Phi) is 4.09. The molecule has 1 heterocycles. The number of pyridine rings is 1. The fourth-order valence-corrected chi connectivity index (χ4v) is 1.12. The Morgan fingerprint density at radius 1 is 1.53 bits per heavy atom. The quantitative estimate of drug-likeness (QED) is 0.785. The van der Waals surface area contributed by atoms with Gasteiger partial charge in [-0.3, -0.25) is 4.79 Å². The Labute approximate surface area is 89.9 Å². The molecule has 4 nitrogen and oxygen atoms in total. The Morgan fingerprint density at radius 3 is 2.80 bits per heavy atom. The van der Waals surface area contributed by atoms with E-state index in [9.17, 15) is 4.79 Å². The van der Waals surface area contributed by atoms with E-state index in [-0.39, 0.29) is 5.91 Å². The van der Waals surface area contributed by atoms with Gasteiger partial charge in [-0.15, -0.1) is 0 Å². The van der Waals surface area contributed by atoms with Crippen molar-refractivity contribution in [2.24, 2.45) is 5.92 Å². The molecule has 15 heavy (non-hydrogen) atoms. The van der Waals surface area contributed by atoms with Gasteiger partial charge >= 0.3 is 0 Å². The summed E-state index contributed by atoms with van der Waals surface area (Å²) in [5, 5.41) is 2.83. The van der Waals surface area contributed by atoms with Crippen molar-refractivity contribution in [2.75, 3.05) is 12.3 Å². The van der Waals surface area contributed by atoms with Crippen molar-refractivity contribution in [1.82, 2.24) is 10.3 Å². The number of nitrogens with one attached hydrogen (secondary N) is 1. The van der Waals surface area contributed by atoms with Crippen LogP contribution in [0.25, 0.3) is 0 Å². The number of hydrogen-bond acceptors (Lipinski definition) is 3. The molecule has 0 bridgehead atoms. The van der Waals surface area contributed by atoms with Crippen molar-refractivity contribution in [3.05, 3.63) is 23.9 Å². The molecule has 0 aromatic carbocycles. The lowest BCUT2D eigenvalue weighted by Crippen LogP contribution is -2.25. The summed E-state index contributed by atoms with van der Waals surface area (Å²) in [6.45, 7) is 4.94. The molecule has 0 aliphatic carbocycles. The molecule has 1 rings (SSSR count). The Hall–Kier alpha value is -1.58. The van der Waals surface area contributed by atoms with Gasteiger partial charge in [0.25, 0.3) is 5.91 Å². The number of rotatable bonds is 4. The van der Waals surface area contributed by atoms with Gasteiger partial charge in [-0.05, 0) is 24.5 Å². The molecule has 82 valence electrons. The lowest BCUT2D eigenvalue weighted by atomic mass is 10.1. The van der Waals surface area contributed by atoms with E-state index >= 15 is 0 Å². The highest BCUT2D eigenvalue weighted by molar-refractivity contribution is 5.93. The number of carbonyl (C=O) groups excluding carboxylic acids is 1. The summed E-state index contributed by atoms with van der Waals surface area (Å²) in [6, 6.07) is 3.30. The maximum Gasteiger partial charge on any atom is 0.252 e. The second kappa shape index (κ2) is 5.34. The topological polar surface area (TPSA) is 68.0 Å². The van der Waals surface area contributed by atoms with Crippen LogP contribution in [-0.4, -0.2) is 17.4 Å². The maximum absolute atomic E-state index is 11.5. The zero-order valence-electron chi connectivity index (χ0n) is 9.16. The van der Waals surface area contributed by atoms with Crippen LogP contribution in [0, 0.1) is 5.92 Å². The second-order valence-corrected chi connectivity index (χ2v) is 3.91. The predicted molar refractivity (Wildman–Crippen MR) is 60.4 cm³/mol. The van der Waals surface area contributed by atoms with E-state index in [0.29, 0.717) is 23.8 Å². The Balaban J connectivity index is 2.43. The van der Waals surface area contributed by atoms with Gasteiger partial charge < -0.3 is 11.1 Å². The highest BCUT2D eigenvalue weighted by atomic mass is 16.1. The fourth-order valence-electron chi connectivity index (χ4n) is 1.12. The van der Waals surface area contributed by atoms with Crippen molar-refractivity contribution < 1.29 is 4.79 Å². The standard InChI is InChI=1S/C11H17N3O/c1-8(2)5-6-13-11(15)9-3-4-10(12)14-7-9/h3-4,7-8H,5-6H2,1-2H3,(H2,12,14)(H,13,15). The molecule has 0 saturated carbocycles. The van der Waals surface area contributed by atoms with E-state index in [4.69, 9.17) is 5.73 Å². The van der Waals surface area contributed by atoms with Crippen LogP contribution < -0.4 is 11.1 Å². The molecule has 0 spiro atoms. The first-order chi connectivity index (χ1) is 7.09. The number of carbonyl (C=O) groups is 1. The number of anilines is 1. The first-order valence-electron chi connectivity index (χ1n) is 5.09. The summed E-state index contributed by atoms with van der Waals surface area (Å²) in [6.07, 6.45) is 2.47. The van der Waals surface area contributed by atoms with E-state index in [0.717, 1.165) is 6.42 Å². The Bertz CT molecular complexity index is 319. The van der Waals surface area contributed by atoms with E-state index in [1.807, 2.05) is 0 Å². The van der Waals surface area contributed by atoms with Crippen molar-refractivity contribution in [2.45, 2.75) is 20.3 Å². The molecule has 0 unspecified atom stereocenters. The van der Waals surface area contributed by atoms with Gasteiger partial charge in [0.1, 0.15) is 5.82 Å². The van der Waals surface area contributed by atoms with Crippen LogP contribution in [0.2, 0.25) is 0 Å². The molecule has 0 aliphatic heterocycles. The predicted octanol–water partition coefficient (Wildman–Crippen LogP) is 1.44. The zero-order chi connectivity index (χ0) is 11.3. The summed E-state index contributed by atoms with van der Waals surface area (Å²) in [5.74, 6) is 0.923. The van der Waals surface area contributed by atoms with Crippen molar-refractivity contribution in [3.63, 3.8) is 0 Å². The molecule has 0 fully saturated rings. The summed E-state index contributed by atoms with van der Waals surface area (Å²) < 4.78 is 0. The summed E-state index contributed by atoms with van der Waals surface area (Å²) in [4.78, 5) is 15.4. The van der Waals surface area contributed by atoms with E-state index in [1.54, 1.807) is 12.1 Å². The van der Waals surface area contributed by atoms with E-state index in [1.165, 1.54) is 6.20 Å². The average molecular weight is 207 g/mol. The average Bonchev–Trinajstić information content (AvgIpc) is 2.18. The van der Waals surface area contributed by atoms with Crippen LogP contribution in [0.3, 0.4) is 0 Å². The van der Waals surface area contributed by atoms with Crippen LogP contribution in [0.5, 0.6) is 0 Å². The summed E-state index contributed by atoms with van der Waals surface area (Å²) in [5.41, 5.74) is 5.97. The molecular weight excluding hydrogens is 190 g/mol. The lowest BCUT2D eigenvalue weighted by molar-refractivity contribution is 0.0951. The molecule has 0 atom stereocenters. The third-order valence-electron chi connectivity index (χ3n) is 2.06. The van der Waals surface area contributed by atoms with Crippen molar-refractivity contribution >= 4 is 11.7 Å². The molecule has 0 radical (unpaired) electrons. The number of hydrogen-bond donors (Lipinski definition) is 2. The van der Waals surface area contributed by atoms with Gasteiger partial charge in [0.2, 0.25) is 0 Å². The van der Waals surface area contributed by atoms with Crippen molar-refractivity contribution in [3.8, 4) is 0 Å². The minimum atomic E-state index is -0.0943. The number of amides is 1. The number of nitrogens with two attached hydrogens (primary N) is 1. The van der Waals surface area contributed by atoms with Gasteiger partial charge in [-0.2, -0.15) is 0 Å². The normalized spacial score (nSPS) is 10.3. The molecule has 3 N–H and O–H groups in total. The van der Waals surface area contributed by atoms with E-state index < -0.39 is 0 Å². The maximum atomic E-state index is 11.5. The van der Waals surface area contributed by atoms with Gasteiger partial charge in [0, 0.05) is 12.7 Å². The third-order valence-corrected chi connectivity index (χ3v) is 2.06. The summed E-state index contributed by atoms with van der Waals surface area (Å²) in [7, 11) is 0. The molecule has 1 aromatic rings. The monoisotopic (exact) mass is 207 g/mol. The van der Waals surface area contributed by atoms with Gasteiger partial charge in [0.15, 0.2) is 0 Å². The minimum absolute atomic E-state index is 0.0943. The van der Waals surface area contributed by atoms with Crippen molar-refractivity contribution in [1.29, 1.82) is 0 Å². The molecule has 0 aliphatic rings. The smallest absolute Gasteiger partial charge is 0.252 e. The highest BCUT2D eigenvalue weighted by Crippen LogP contribution is 2.02. The third kappa shape index (κ3) is 3.97. The first kappa shape index (κ1) is 11.5. The summed E-state index contributed by atoms with van der Waals surface area (Å²) >= 11 is 0. The van der Waals surface area contributed by atoms with Gasteiger partial charge in [-0.1, -0.05) is 13.8 Å². The first-order valence-corrected chi connectivity index (χ1v) is 5.09. The van der Waals surface area contributed by atoms with Crippen LogP contribution in [0.4, 0.5) is 5.82 Å². The molecular formula is C11H17N3O. The molecule has 1 aromatic heterocycles. The SMILES string of the molecule is CC(C)CCNC(=O)c1ccc(N)nc1. The number of nitrogen functional groups attached to an aromatic ring is 1. The lowest BCUT2D eigenvalue weighted by Gasteiger charge is -2.06. The Morgan fingerprint density at radius 2 is 2.27 bits per heavy atom. The van der Waals surface area contributed by atoms with Crippen LogP contribution >= 0.6 is 0 Å². The van der Waals surface area contributed by atoms with Crippen LogP contribution in [-0.2, 0) is 0 Å². The zero-order valence-corrected chi connectivity index (χ0v) is 9.16. The number of nitrogens with zero attached hydrogens (tertiary/aromatic N) is 1. The van der Waals surface area contributed by atoms with Gasteiger partial charge in [0.05, 0.1) is 5.56 Å². The van der Waals surface area contributed by atoms with Gasteiger partial charge in [-0.25, -0.2) is 4.98 Å². The number of aromatic nitrogens is 1. The second-order valence-electron chi connectivity index (χ2n) is 3.91. The fraction of sp³-hybridized carbons (Fsp3) is 0.455. The van der Waals surface area contributed by atoms with E-state index in [2.05, 4.69) is 24.1 Å². The molecule has 4 heteroatoms. The molecule has 1 amide bonds. The molecule has 0 saturated heterocycles. The minimum Gasteiger partial charge on any atom is -0.384 e.